The molecule has 1 fully saturated rings. The predicted molar refractivity (Wildman–Crippen MR) is 144 cm³/mol. The van der Waals surface area contributed by atoms with E-state index in [1.54, 1.807) is 17.1 Å². The summed E-state index contributed by atoms with van der Waals surface area (Å²) in [6.45, 7) is 9.07. The molecule has 7 atom stereocenters. The van der Waals surface area contributed by atoms with Gasteiger partial charge in [-0.05, 0) is 51.2 Å². The molecular weight excluding hydrogens is 506 g/mol. The predicted octanol–water partition coefficient (Wildman–Crippen LogP) is 3.05. The van der Waals surface area contributed by atoms with Gasteiger partial charge in [0.25, 0.3) is 0 Å². The Morgan fingerprint density at radius 3 is 2.67 bits per heavy atom. The van der Waals surface area contributed by atoms with E-state index in [1.807, 2.05) is 39.0 Å². The van der Waals surface area contributed by atoms with Crippen LogP contribution >= 0.6 is 0 Å². The Labute approximate surface area is 231 Å². The lowest BCUT2D eigenvalue weighted by Gasteiger charge is -2.32. The molecule has 1 saturated heterocycles. The topological polar surface area (TPSA) is 143 Å². The molecule has 2 rings (SSSR count). The minimum absolute atomic E-state index is 0.0728. The first-order valence-electron chi connectivity index (χ1n) is 13.7. The number of carbonyl (C=O) groups excluding carboxylic acids is 3. The van der Waals surface area contributed by atoms with Gasteiger partial charge in [-0.2, -0.15) is 0 Å². The second-order valence-electron chi connectivity index (χ2n) is 11.0. The molecule has 220 valence electrons. The van der Waals surface area contributed by atoms with E-state index in [1.165, 1.54) is 13.8 Å². The highest BCUT2D eigenvalue weighted by molar-refractivity contribution is 5.70. The van der Waals surface area contributed by atoms with Crippen molar-refractivity contribution >= 4 is 18.0 Å². The molecule has 0 aromatic carbocycles. The Bertz CT molecular complexity index is 926. The van der Waals surface area contributed by atoms with Crippen LogP contribution in [0.25, 0.3) is 0 Å². The van der Waals surface area contributed by atoms with Crippen LogP contribution in [0.15, 0.2) is 36.0 Å². The quantitative estimate of drug-likeness (QED) is 0.188. The van der Waals surface area contributed by atoms with Crippen molar-refractivity contribution in [3.8, 4) is 0 Å². The average molecular weight is 552 g/mol. The molecule has 0 saturated carbocycles. The standard InChI is InChI=1S/C29H45NO9/c1-19(18-37-28(35)30-15-7-10-23(30)17-31)8-6-9-20(2)27-21(3)11-12-25(38-22(4)32)29(5,36)14-13-24(33)16-26(34)39-27/h6,8-9,11-12,19,21,23-25,27,31,33,36H,7,10,13-18H2,1-5H3/b8-6+,12-11+,20-9+/t19-,21+,23-,24+,25+,27-,29+/m1/s1. The number of aliphatic hydroxyl groups excluding tert-OH is 2. The number of rotatable bonds is 7. The number of hydrogen-bond acceptors (Lipinski definition) is 9. The third-order valence-corrected chi connectivity index (χ3v) is 7.16. The molecule has 39 heavy (non-hydrogen) atoms. The van der Waals surface area contributed by atoms with E-state index in [-0.39, 0.29) is 50.4 Å². The molecule has 3 N–H and O–H groups in total. The van der Waals surface area contributed by atoms with E-state index in [4.69, 9.17) is 14.2 Å². The monoisotopic (exact) mass is 551 g/mol. The first kappa shape index (κ1) is 32.5. The highest BCUT2D eigenvalue weighted by atomic mass is 16.6. The molecule has 10 nitrogen and oxygen atoms in total. The minimum Gasteiger partial charge on any atom is -0.457 e. The maximum atomic E-state index is 12.6. The van der Waals surface area contributed by atoms with E-state index >= 15 is 0 Å². The van der Waals surface area contributed by atoms with Gasteiger partial charge in [0.1, 0.15) is 17.8 Å². The number of ether oxygens (including phenoxy) is 3. The van der Waals surface area contributed by atoms with Crippen LogP contribution in [0.4, 0.5) is 4.79 Å². The van der Waals surface area contributed by atoms with Gasteiger partial charge in [0.15, 0.2) is 0 Å². The van der Waals surface area contributed by atoms with Crippen molar-refractivity contribution in [2.24, 2.45) is 11.8 Å². The van der Waals surface area contributed by atoms with Crippen LogP contribution in [-0.4, -0.2) is 88.0 Å². The van der Waals surface area contributed by atoms with E-state index in [2.05, 4.69) is 0 Å². The Morgan fingerprint density at radius 1 is 1.28 bits per heavy atom. The van der Waals surface area contributed by atoms with Crippen molar-refractivity contribution in [1.29, 1.82) is 0 Å². The van der Waals surface area contributed by atoms with Crippen LogP contribution in [0.5, 0.6) is 0 Å². The zero-order chi connectivity index (χ0) is 29.2. The summed E-state index contributed by atoms with van der Waals surface area (Å²) >= 11 is 0. The summed E-state index contributed by atoms with van der Waals surface area (Å²) in [4.78, 5) is 38.1. The van der Waals surface area contributed by atoms with Gasteiger partial charge in [-0.3, -0.25) is 9.59 Å². The van der Waals surface area contributed by atoms with Gasteiger partial charge in [-0.15, -0.1) is 0 Å². The third-order valence-electron chi connectivity index (χ3n) is 7.16. The SMILES string of the molecule is CC(=O)O[C@H]1/C=C/[C@H](C)[C@@H](/C(C)=C/C=C/[C@@H](C)COC(=O)N2CCC[C@@H]2CO)OC(=O)C[C@@H](O)CC[C@]1(C)O. The number of cyclic esters (lactones) is 1. The lowest BCUT2D eigenvalue weighted by molar-refractivity contribution is -0.157. The van der Waals surface area contributed by atoms with Gasteiger partial charge in [0.05, 0.1) is 31.8 Å². The largest absolute Gasteiger partial charge is 0.457 e. The first-order valence-corrected chi connectivity index (χ1v) is 13.7. The fraction of sp³-hybridized carbons (Fsp3) is 0.690. The fourth-order valence-corrected chi connectivity index (χ4v) is 4.73. The number of hydrogen-bond donors (Lipinski definition) is 3. The second kappa shape index (κ2) is 15.2. The Kier molecular flexibility index (Phi) is 12.7. The van der Waals surface area contributed by atoms with Gasteiger partial charge in [-0.1, -0.05) is 38.2 Å². The number of likely N-dealkylation sites (tertiary alicyclic amines) is 1. The highest BCUT2D eigenvalue weighted by Crippen LogP contribution is 2.27. The fourth-order valence-electron chi connectivity index (χ4n) is 4.73. The smallest absolute Gasteiger partial charge is 0.410 e. The molecule has 2 heterocycles. The molecule has 0 aromatic heterocycles. The zero-order valence-corrected chi connectivity index (χ0v) is 23.7. The summed E-state index contributed by atoms with van der Waals surface area (Å²) < 4.78 is 16.5. The molecule has 2 aliphatic heterocycles. The first-order chi connectivity index (χ1) is 18.3. The van der Waals surface area contributed by atoms with Crippen molar-refractivity contribution in [3.63, 3.8) is 0 Å². The molecule has 10 heteroatoms. The average Bonchev–Trinajstić information content (AvgIpc) is 3.35. The van der Waals surface area contributed by atoms with Gasteiger partial charge in [0, 0.05) is 25.3 Å². The highest BCUT2D eigenvalue weighted by Gasteiger charge is 2.35. The maximum Gasteiger partial charge on any atom is 0.410 e. The molecule has 1 amide bonds. The number of allylic oxidation sites excluding steroid dienone is 2. The summed E-state index contributed by atoms with van der Waals surface area (Å²) in [5.74, 6) is -1.50. The third kappa shape index (κ3) is 10.4. The number of carbonyl (C=O) groups is 3. The lowest BCUT2D eigenvalue weighted by Crippen LogP contribution is -2.42. The number of nitrogens with zero attached hydrogens (tertiary/aromatic N) is 1. The Balaban J connectivity index is 2.11. The Morgan fingerprint density at radius 2 is 2.00 bits per heavy atom. The van der Waals surface area contributed by atoms with Crippen LogP contribution in [0.2, 0.25) is 0 Å². The van der Waals surface area contributed by atoms with Gasteiger partial charge in [0.2, 0.25) is 0 Å². The molecule has 2 aliphatic rings. The zero-order valence-electron chi connectivity index (χ0n) is 23.7. The van der Waals surface area contributed by atoms with Crippen LogP contribution in [-0.2, 0) is 23.8 Å². The van der Waals surface area contributed by atoms with Crippen molar-refractivity contribution in [3.05, 3.63) is 36.0 Å². The van der Waals surface area contributed by atoms with Crippen molar-refractivity contribution in [1.82, 2.24) is 4.90 Å². The van der Waals surface area contributed by atoms with Crippen LogP contribution in [0.3, 0.4) is 0 Å². The van der Waals surface area contributed by atoms with Crippen molar-refractivity contribution < 1.29 is 43.9 Å². The summed E-state index contributed by atoms with van der Waals surface area (Å²) in [5, 5.41) is 30.7. The molecular formula is C29H45NO9. The lowest BCUT2D eigenvalue weighted by atomic mass is 9.88. The molecule has 0 radical (unpaired) electrons. The van der Waals surface area contributed by atoms with E-state index < -0.39 is 41.9 Å². The van der Waals surface area contributed by atoms with Crippen LogP contribution < -0.4 is 0 Å². The summed E-state index contributed by atoms with van der Waals surface area (Å²) in [5.41, 5.74) is -0.686. The van der Waals surface area contributed by atoms with Gasteiger partial charge in [-0.25, -0.2) is 4.79 Å². The number of amides is 1. The maximum absolute atomic E-state index is 12.6. The molecule has 0 spiro atoms. The van der Waals surface area contributed by atoms with Gasteiger partial charge >= 0.3 is 18.0 Å². The van der Waals surface area contributed by atoms with Crippen LogP contribution in [0.1, 0.15) is 66.7 Å². The number of esters is 2. The minimum atomic E-state index is -1.43. The Hall–Kier alpha value is -2.69. The van der Waals surface area contributed by atoms with Gasteiger partial charge < -0.3 is 34.4 Å². The molecule has 0 aliphatic carbocycles. The van der Waals surface area contributed by atoms with E-state index in [0.29, 0.717) is 6.54 Å². The van der Waals surface area contributed by atoms with E-state index in [0.717, 1.165) is 18.4 Å². The van der Waals surface area contributed by atoms with Crippen molar-refractivity contribution in [2.75, 3.05) is 19.8 Å². The summed E-state index contributed by atoms with van der Waals surface area (Å²) in [6.07, 6.45) is 7.47. The second-order valence-corrected chi connectivity index (χ2v) is 11.0. The van der Waals surface area contributed by atoms with Crippen molar-refractivity contribution in [2.45, 2.75) is 96.7 Å². The van der Waals surface area contributed by atoms with E-state index in [9.17, 15) is 29.7 Å². The van der Waals surface area contributed by atoms with Crippen LogP contribution in [0, 0.1) is 11.8 Å². The molecule has 0 aromatic rings. The molecule has 0 bridgehead atoms. The molecule has 0 unspecified atom stereocenters. The summed E-state index contributed by atoms with van der Waals surface area (Å²) in [6, 6.07) is -0.185. The number of aliphatic hydroxyl groups is 3. The summed E-state index contributed by atoms with van der Waals surface area (Å²) in [7, 11) is 0. The normalized spacial score (nSPS) is 32.6.